The number of nitrogens with zero attached hydrogens (tertiary/aromatic N) is 2. The number of aryl methyl sites for hydroxylation is 1. The van der Waals surface area contributed by atoms with Gasteiger partial charge in [-0.1, -0.05) is 20.3 Å². The zero-order valence-electron chi connectivity index (χ0n) is 16.4. The highest BCUT2D eigenvalue weighted by atomic mass is 16.5. The molecule has 0 unspecified atom stereocenters. The number of hydrogen-bond acceptors (Lipinski definition) is 4. The summed E-state index contributed by atoms with van der Waals surface area (Å²) in [7, 11) is 0. The molecule has 0 aliphatic rings. The predicted octanol–water partition coefficient (Wildman–Crippen LogP) is 3.27. The molecule has 26 heavy (non-hydrogen) atoms. The summed E-state index contributed by atoms with van der Waals surface area (Å²) >= 11 is 0. The van der Waals surface area contributed by atoms with Gasteiger partial charge >= 0.3 is 5.97 Å². The van der Waals surface area contributed by atoms with Gasteiger partial charge in [0.25, 0.3) is 5.91 Å². The van der Waals surface area contributed by atoms with Gasteiger partial charge in [0.2, 0.25) is 0 Å². The Morgan fingerprint density at radius 1 is 1.35 bits per heavy atom. The van der Waals surface area contributed by atoms with E-state index in [0.717, 1.165) is 42.8 Å². The molecular formula is C20H29N3O3. The Kier molecular flexibility index (Phi) is 8.63. The van der Waals surface area contributed by atoms with Crippen molar-refractivity contribution in [2.75, 3.05) is 6.61 Å². The van der Waals surface area contributed by atoms with Gasteiger partial charge in [0, 0.05) is 24.0 Å². The molecule has 6 heteroatoms. The predicted molar refractivity (Wildman–Crippen MR) is 101 cm³/mol. The van der Waals surface area contributed by atoms with E-state index in [4.69, 9.17) is 4.74 Å². The first-order valence-electron chi connectivity index (χ1n) is 9.08. The van der Waals surface area contributed by atoms with Gasteiger partial charge in [-0.25, -0.2) is 4.79 Å². The Hall–Kier alpha value is -2.55. The van der Waals surface area contributed by atoms with Crippen molar-refractivity contribution in [2.45, 2.75) is 66.5 Å². The highest BCUT2D eigenvalue weighted by molar-refractivity contribution is 5.99. The lowest BCUT2D eigenvalue weighted by Crippen LogP contribution is -2.35. The zero-order chi connectivity index (χ0) is 19.7. The van der Waals surface area contributed by atoms with Crippen molar-refractivity contribution in [1.29, 1.82) is 5.26 Å². The fourth-order valence-electron chi connectivity index (χ4n) is 2.86. The van der Waals surface area contributed by atoms with Crippen LogP contribution in [-0.2, 0) is 20.9 Å². The highest BCUT2D eigenvalue weighted by Gasteiger charge is 2.16. The molecule has 0 aromatic carbocycles. The smallest absolute Gasteiger partial charge is 0.349 e. The molecule has 1 amide bonds. The summed E-state index contributed by atoms with van der Waals surface area (Å²) in [4.78, 5) is 23.9. The van der Waals surface area contributed by atoms with Crippen LogP contribution in [-0.4, -0.2) is 29.1 Å². The van der Waals surface area contributed by atoms with Gasteiger partial charge in [0.15, 0.2) is 6.61 Å². The van der Waals surface area contributed by atoms with Crippen LogP contribution < -0.4 is 5.32 Å². The van der Waals surface area contributed by atoms with Crippen LogP contribution in [0.2, 0.25) is 0 Å². The summed E-state index contributed by atoms with van der Waals surface area (Å²) in [5, 5.41) is 12.0. The summed E-state index contributed by atoms with van der Waals surface area (Å²) < 4.78 is 7.13. The molecule has 1 aromatic heterocycles. The zero-order valence-corrected chi connectivity index (χ0v) is 16.4. The van der Waals surface area contributed by atoms with Gasteiger partial charge in [0.1, 0.15) is 11.6 Å². The van der Waals surface area contributed by atoms with Crippen molar-refractivity contribution in [1.82, 2.24) is 9.88 Å². The quantitative estimate of drug-likeness (QED) is 0.417. The first kappa shape index (κ1) is 21.5. The van der Waals surface area contributed by atoms with E-state index < -0.39 is 5.97 Å². The van der Waals surface area contributed by atoms with Crippen LogP contribution in [0.25, 0.3) is 6.08 Å². The standard InChI is InChI=1S/C20H29N3O3/c1-6-8-14(3)22-19(24)13-26-20(25)18(12-21)11-17-10-15(4)23(9-7-2)16(17)5/h10-11,14H,6-9,13H2,1-5H3,(H,22,24)/b18-11+/t14-/m0/s1. The number of ether oxygens (including phenoxy) is 1. The molecule has 0 spiro atoms. The van der Waals surface area contributed by atoms with E-state index in [1.54, 1.807) is 0 Å². The number of nitriles is 1. The number of rotatable bonds is 9. The number of aromatic nitrogens is 1. The molecule has 142 valence electrons. The maximum atomic E-state index is 12.1. The van der Waals surface area contributed by atoms with Crippen LogP contribution in [0.1, 0.15) is 57.0 Å². The third-order valence-electron chi connectivity index (χ3n) is 4.16. The monoisotopic (exact) mass is 359 g/mol. The number of esters is 1. The van der Waals surface area contributed by atoms with E-state index in [0.29, 0.717) is 0 Å². The van der Waals surface area contributed by atoms with E-state index in [1.165, 1.54) is 6.08 Å². The number of amides is 1. The van der Waals surface area contributed by atoms with Gasteiger partial charge in [-0.2, -0.15) is 5.26 Å². The van der Waals surface area contributed by atoms with Crippen LogP contribution in [0.5, 0.6) is 0 Å². The van der Waals surface area contributed by atoms with Crippen LogP contribution in [0.15, 0.2) is 11.6 Å². The lowest BCUT2D eigenvalue weighted by atomic mass is 10.1. The van der Waals surface area contributed by atoms with Crippen LogP contribution >= 0.6 is 0 Å². The molecule has 6 nitrogen and oxygen atoms in total. The number of carbonyl (C=O) groups is 2. The first-order chi connectivity index (χ1) is 12.3. The van der Waals surface area contributed by atoms with Crippen molar-refractivity contribution in [2.24, 2.45) is 0 Å². The average Bonchev–Trinajstić information content (AvgIpc) is 2.85. The minimum absolute atomic E-state index is 0.0288. The maximum absolute atomic E-state index is 12.1. The third kappa shape index (κ3) is 6.07. The molecule has 0 aliphatic heterocycles. The van der Waals surface area contributed by atoms with Gasteiger partial charge < -0.3 is 14.6 Å². The Morgan fingerprint density at radius 2 is 2.04 bits per heavy atom. The van der Waals surface area contributed by atoms with Crippen molar-refractivity contribution in [3.63, 3.8) is 0 Å². The molecule has 0 bridgehead atoms. The first-order valence-corrected chi connectivity index (χ1v) is 9.08. The molecule has 0 radical (unpaired) electrons. The molecule has 1 atom stereocenters. The minimum Gasteiger partial charge on any atom is -0.451 e. The third-order valence-corrected chi connectivity index (χ3v) is 4.16. The molecule has 0 fully saturated rings. The van der Waals surface area contributed by atoms with Crippen molar-refractivity contribution in [3.8, 4) is 6.07 Å². The van der Waals surface area contributed by atoms with Crippen LogP contribution in [0, 0.1) is 25.2 Å². The van der Waals surface area contributed by atoms with Crippen LogP contribution in [0.3, 0.4) is 0 Å². The topological polar surface area (TPSA) is 84.1 Å². The summed E-state index contributed by atoms with van der Waals surface area (Å²) in [6.07, 6.45) is 4.34. The van der Waals surface area contributed by atoms with E-state index in [9.17, 15) is 14.9 Å². The lowest BCUT2D eigenvalue weighted by Gasteiger charge is -2.12. The van der Waals surface area contributed by atoms with Crippen LogP contribution in [0.4, 0.5) is 0 Å². The summed E-state index contributed by atoms with van der Waals surface area (Å²) in [5.74, 6) is -1.15. The normalized spacial score (nSPS) is 12.4. The highest BCUT2D eigenvalue weighted by Crippen LogP contribution is 2.19. The van der Waals surface area contributed by atoms with Gasteiger partial charge in [-0.05, 0) is 51.3 Å². The molecule has 1 rings (SSSR count). The molecule has 1 heterocycles. The van der Waals surface area contributed by atoms with E-state index in [-0.39, 0.29) is 24.1 Å². The van der Waals surface area contributed by atoms with E-state index in [1.807, 2.05) is 39.8 Å². The second-order valence-electron chi connectivity index (χ2n) is 6.48. The van der Waals surface area contributed by atoms with Crippen molar-refractivity contribution < 1.29 is 14.3 Å². The molecule has 0 aliphatic carbocycles. The molecular weight excluding hydrogens is 330 g/mol. The Labute approximate surface area is 155 Å². The Bertz CT molecular complexity index is 711. The SMILES string of the molecule is CCC[C@H](C)NC(=O)COC(=O)/C(C#N)=C/c1cc(C)n(CCC)c1C. The van der Waals surface area contributed by atoms with E-state index >= 15 is 0 Å². The average molecular weight is 359 g/mol. The van der Waals surface area contributed by atoms with E-state index in [2.05, 4.69) is 16.8 Å². The molecule has 1 aromatic rings. The molecule has 1 N–H and O–H groups in total. The second kappa shape index (κ2) is 10.4. The van der Waals surface area contributed by atoms with Gasteiger partial charge in [0.05, 0.1) is 0 Å². The van der Waals surface area contributed by atoms with Crippen molar-refractivity contribution in [3.05, 3.63) is 28.6 Å². The van der Waals surface area contributed by atoms with Crippen molar-refractivity contribution >= 4 is 18.0 Å². The molecule has 0 saturated heterocycles. The number of nitrogens with one attached hydrogen (secondary N) is 1. The summed E-state index contributed by atoms with van der Waals surface area (Å²) in [6, 6.07) is 3.84. The Balaban J connectivity index is 2.78. The maximum Gasteiger partial charge on any atom is 0.349 e. The fraction of sp³-hybridized carbons (Fsp3) is 0.550. The van der Waals surface area contributed by atoms with Gasteiger partial charge in [-0.3, -0.25) is 4.79 Å². The summed E-state index contributed by atoms with van der Waals surface area (Å²) in [6.45, 7) is 10.5. The number of hydrogen-bond donors (Lipinski definition) is 1. The largest absolute Gasteiger partial charge is 0.451 e. The number of carbonyl (C=O) groups excluding carboxylic acids is 2. The second-order valence-corrected chi connectivity index (χ2v) is 6.48. The molecule has 0 saturated carbocycles. The lowest BCUT2D eigenvalue weighted by molar-refractivity contribution is -0.144. The fourth-order valence-corrected chi connectivity index (χ4v) is 2.86. The minimum atomic E-state index is -0.786. The Morgan fingerprint density at radius 3 is 2.62 bits per heavy atom. The summed E-state index contributed by atoms with van der Waals surface area (Å²) in [5.41, 5.74) is 2.77. The van der Waals surface area contributed by atoms with Gasteiger partial charge in [-0.15, -0.1) is 0 Å².